The van der Waals surface area contributed by atoms with E-state index in [4.69, 9.17) is 14.7 Å². The zero-order valence-corrected chi connectivity index (χ0v) is 14.8. The third kappa shape index (κ3) is 2.51. The van der Waals surface area contributed by atoms with Gasteiger partial charge in [-0.3, -0.25) is 4.98 Å². The van der Waals surface area contributed by atoms with E-state index < -0.39 is 0 Å². The standard InChI is InChI=1S/C21H20N4O/c1-25-18-10-8-14-5-4-12-26-21(14)20(18)24-19(25)11-9-15-13-22-16-6-2-3-7-17(16)23-15/h2-3,6-8,10,13H,4-5,9,11-12H2,1H3. The molecule has 0 saturated heterocycles. The summed E-state index contributed by atoms with van der Waals surface area (Å²) in [7, 11) is 2.08. The van der Waals surface area contributed by atoms with Gasteiger partial charge in [0.2, 0.25) is 0 Å². The maximum absolute atomic E-state index is 5.92. The monoisotopic (exact) mass is 344 g/mol. The number of rotatable bonds is 3. The first-order valence-electron chi connectivity index (χ1n) is 9.10. The van der Waals surface area contributed by atoms with Crippen molar-refractivity contribution in [3.05, 3.63) is 59.7 Å². The molecule has 5 nitrogen and oxygen atoms in total. The van der Waals surface area contributed by atoms with Crippen LogP contribution in [0.15, 0.2) is 42.6 Å². The molecule has 26 heavy (non-hydrogen) atoms. The van der Waals surface area contributed by atoms with Crippen molar-refractivity contribution in [1.82, 2.24) is 19.5 Å². The van der Waals surface area contributed by atoms with Crippen LogP contribution in [-0.2, 0) is 26.3 Å². The van der Waals surface area contributed by atoms with Gasteiger partial charge >= 0.3 is 0 Å². The summed E-state index contributed by atoms with van der Waals surface area (Å²) in [6, 6.07) is 12.3. The number of fused-ring (bicyclic) bond motifs is 4. The predicted octanol–water partition coefficient (Wildman–Crippen LogP) is 3.63. The summed E-state index contributed by atoms with van der Waals surface area (Å²) in [5, 5.41) is 0. The molecule has 0 spiro atoms. The van der Waals surface area contributed by atoms with Gasteiger partial charge in [-0.15, -0.1) is 0 Å². The fourth-order valence-corrected chi connectivity index (χ4v) is 3.70. The highest BCUT2D eigenvalue weighted by Crippen LogP contribution is 2.33. The fraction of sp³-hybridized carbons (Fsp3) is 0.286. The second kappa shape index (κ2) is 6.09. The maximum Gasteiger partial charge on any atom is 0.150 e. The van der Waals surface area contributed by atoms with Crippen LogP contribution in [0.5, 0.6) is 5.75 Å². The SMILES string of the molecule is Cn1c(CCc2cnc3ccccc3n2)nc2c3c(ccc21)CCCO3. The molecule has 0 N–H and O–H groups in total. The number of aryl methyl sites for hydroxylation is 4. The molecule has 3 heterocycles. The Bertz CT molecular complexity index is 1120. The Morgan fingerprint density at radius 1 is 1.04 bits per heavy atom. The van der Waals surface area contributed by atoms with Crippen molar-refractivity contribution in [2.45, 2.75) is 25.7 Å². The van der Waals surface area contributed by atoms with Crippen LogP contribution in [0.2, 0.25) is 0 Å². The molecule has 2 aromatic heterocycles. The Morgan fingerprint density at radius 2 is 1.92 bits per heavy atom. The average Bonchev–Trinajstić information content (AvgIpc) is 3.02. The molecule has 0 unspecified atom stereocenters. The molecule has 5 rings (SSSR count). The van der Waals surface area contributed by atoms with Gasteiger partial charge in [0.15, 0.2) is 0 Å². The molecule has 2 aromatic carbocycles. The summed E-state index contributed by atoms with van der Waals surface area (Å²) < 4.78 is 8.09. The molecule has 4 aromatic rings. The molecular formula is C21H20N4O. The summed E-state index contributed by atoms with van der Waals surface area (Å²) in [5.74, 6) is 2.03. The fourth-order valence-electron chi connectivity index (χ4n) is 3.70. The molecule has 0 amide bonds. The van der Waals surface area contributed by atoms with E-state index in [2.05, 4.69) is 28.7 Å². The number of para-hydroxylation sites is 2. The highest BCUT2D eigenvalue weighted by atomic mass is 16.5. The van der Waals surface area contributed by atoms with E-state index in [-0.39, 0.29) is 0 Å². The molecule has 1 aliphatic heterocycles. The predicted molar refractivity (Wildman–Crippen MR) is 101 cm³/mol. The Labute approximate surface area is 151 Å². The van der Waals surface area contributed by atoms with Gasteiger partial charge < -0.3 is 9.30 Å². The Kier molecular flexibility index (Phi) is 3.59. The van der Waals surface area contributed by atoms with Crippen molar-refractivity contribution in [3.8, 4) is 5.75 Å². The lowest BCUT2D eigenvalue weighted by molar-refractivity contribution is 0.291. The van der Waals surface area contributed by atoms with Gasteiger partial charge in [0, 0.05) is 19.7 Å². The first kappa shape index (κ1) is 15.3. The van der Waals surface area contributed by atoms with Crippen LogP contribution >= 0.6 is 0 Å². The van der Waals surface area contributed by atoms with Gasteiger partial charge in [0.1, 0.15) is 17.1 Å². The number of aromatic nitrogens is 4. The molecule has 0 atom stereocenters. The van der Waals surface area contributed by atoms with Crippen molar-refractivity contribution in [1.29, 1.82) is 0 Å². The summed E-state index contributed by atoms with van der Waals surface area (Å²) in [6.45, 7) is 0.782. The number of hydrogen-bond donors (Lipinski definition) is 0. The van der Waals surface area contributed by atoms with Crippen molar-refractivity contribution in [2.24, 2.45) is 7.05 Å². The zero-order chi connectivity index (χ0) is 17.5. The van der Waals surface area contributed by atoms with E-state index in [1.165, 1.54) is 5.56 Å². The summed E-state index contributed by atoms with van der Waals surface area (Å²) in [4.78, 5) is 14.1. The van der Waals surface area contributed by atoms with Gasteiger partial charge in [0.05, 0.1) is 28.9 Å². The molecule has 0 fully saturated rings. The smallest absolute Gasteiger partial charge is 0.150 e. The van der Waals surface area contributed by atoms with Crippen molar-refractivity contribution in [3.63, 3.8) is 0 Å². The van der Waals surface area contributed by atoms with Crippen LogP contribution in [0.25, 0.3) is 22.1 Å². The third-order valence-electron chi connectivity index (χ3n) is 5.12. The molecule has 1 aliphatic rings. The van der Waals surface area contributed by atoms with Crippen LogP contribution in [0.1, 0.15) is 23.5 Å². The lowest BCUT2D eigenvalue weighted by Gasteiger charge is -2.17. The lowest BCUT2D eigenvalue weighted by Crippen LogP contribution is -2.08. The second-order valence-electron chi connectivity index (χ2n) is 6.81. The van der Waals surface area contributed by atoms with Crippen molar-refractivity contribution >= 4 is 22.1 Å². The molecule has 0 bridgehead atoms. The largest absolute Gasteiger partial charge is 0.491 e. The lowest BCUT2D eigenvalue weighted by atomic mass is 10.1. The third-order valence-corrected chi connectivity index (χ3v) is 5.12. The summed E-state index contributed by atoms with van der Waals surface area (Å²) >= 11 is 0. The van der Waals surface area contributed by atoms with E-state index in [0.717, 1.165) is 71.6 Å². The minimum atomic E-state index is 0.782. The van der Waals surface area contributed by atoms with Crippen LogP contribution in [0.3, 0.4) is 0 Å². The first-order chi connectivity index (χ1) is 12.8. The van der Waals surface area contributed by atoms with E-state index >= 15 is 0 Å². The number of hydrogen-bond acceptors (Lipinski definition) is 4. The highest BCUT2D eigenvalue weighted by molar-refractivity contribution is 5.84. The van der Waals surface area contributed by atoms with E-state index in [0.29, 0.717) is 0 Å². The number of ether oxygens (including phenoxy) is 1. The Hall–Kier alpha value is -2.95. The van der Waals surface area contributed by atoms with Gasteiger partial charge in [0.25, 0.3) is 0 Å². The number of imidazole rings is 1. The van der Waals surface area contributed by atoms with Crippen LogP contribution in [-0.4, -0.2) is 26.1 Å². The first-order valence-corrected chi connectivity index (χ1v) is 9.10. The molecule has 0 radical (unpaired) electrons. The quantitative estimate of drug-likeness (QED) is 0.569. The molecule has 5 heteroatoms. The van der Waals surface area contributed by atoms with Crippen LogP contribution in [0, 0.1) is 0 Å². The summed E-state index contributed by atoms with van der Waals surface area (Å²) in [5.41, 5.74) is 6.26. The van der Waals surface area contributed by atoms with Gasteiger partial charge in [-0.1, -0.05) is 18.2 Å². The molecule has 0 saturated carbocycles. The highest BCUT2D eigenvalue weighted by Gasteiger charge is 2.18. The maximum atomic E-state index is 5.92. The van der Waals surface area contributed by atoms with Gasteiger partial charge in [-0.2, -0.15) is 0 Å². The minimum absolute atomic E-state index is 0.782. The second-order valence-corrected chi connectivity index (χ2v) is 6.81. The molecule has 130 valence electrons. The van der Waals surface area contributed by atoms with Crippen LogP contribution in [0.4, 0.5) is 0 Å². The van der Waals surface area contributed by atoms with E-state index in [1.54, 1.807) is 0 Å². The van der Waals surface area contributed by atoms with Crippen molar-refractivity contribution < 1.29 is 4.74 Å². The number of nitrogens with zero attached hydrogens (tertiary/aromatic N) is 4. The van der Waals surface area contributed by atoms with E-state index in [9.17, 15) is 0 Å². The zero-order valence-electron chi connectivity index (χ0n) is 14.8. The molecular weight excluding hydrogens is 324 g/mol. The Balaban J connectivity index is 1.46. The topological polar surface area (TPSA) is 52.8 Å². The Morgan fingerprint density at radius 3 is 2.85 bits per heavy atom. The van der Waals surface area contributed by atoms with Gasteiger partial charge in [-0.05, 0) is 43.0 Å². The average molecular weight is 344 g/mol. The molecule has 0 aliphatic carbocycles. The van der Waals surface area contributed by atoms with Crippen molar-refractivity contribution in [2.75, 3.05) is 6.61 Å². The van der Waals surface area contributed by atoms with Gasteiger partial charge in [-0.25, -0.2) is 9.97 Å². The van der Waals surface area contributed by atoms with Crippen LogP contribution < -0.4 is 4.74 Å². The normalized spacial score (nSPS) is 13.7. The summed E-state index contributed by atoms with van der Waals surface area (Å²) in [6.07, 6.45) is 5.67. The minimum Gasteiger partial charge on any atom is -0.491 e. The van der Waals surface area contributed by atoms with E-state index in [1.807, 2.05) is 30.5 Å². The number of benzene rings is 2.